The molecule has 0 radical (unpaired) electrons. The molecule has 0 spiro atoms. The van der Waals surface area contributed by atoms with E-state index in [9.17, 15) is 13.2 Å². The maximum Gasteiger partial charge on any atom is 0.410 e. The summed E-state index contributed by atoms with van der Waals surface area (Å²) < 4.78 is 34.4. The van der Waals surface area contributed by atoms with Crippen LogP contribution in [0.5, 0.6) is 5.75 Å². The topological polar surface area (TPSA) is 85.8 Å². The van der Waals surface area contributed by atoms with Crippen molar-refractivity contribution in [3.8, 4) is 5.75 Å². The smallest absolute Gasteiger partial charge is 0.410 e. The maximum absolute atomic E-state index is 12.4. The second-order valence-corrected chi connectivity index (χ2v) is 11.2. The van der Waals surface area contributed by atoms with Crippen molar-refractivity contribution in [2.45, 2.75) is 51.2 Å². The van der Waals surface area contributed by atoms with Gasteiger partial charge in [0.25, 0.3) is 0 Å². The molecule has 1 aromatic heterocycles. The first-order chi connectivity index (χ1) is 15.5. The number of amides is 1. The summed E-state index contributed by atoms with van der Waals surface area (Å²) in [4.78, 5) is 19.0. The van der Waals surface area contributed by atoms with Gasteiger partial charge in [0, 0.05) is 31.5 Å². The zero-order valence-corrected chi connectivity index (χ0v) is 20.7. The predicted octanol–water partition coefficient (Wildman–Crippen LogP) is 4.72. The Morgan fingerprint density at radius 2 is 1.85 bits per heavy atom. The van der Waals surface area contributed by atoms with Crippen molar-refractivity contribution in [2.75, 3.05) is 19.3 Å². The van der Waals surface area contributed by atoms with Gasteiger partial charge in [0.2, 0.25) is 0 Å². The van der Waals surface area contributed by atoms with Crippen LogP contribution in [0.15, 0.2) is 53.6 Å². The van der Waals surface area contributed by atoms with Crippen molar-refractivity contribution >= 4 is 21.5 Å². The molecular formula is C25H32N2O5S. The predicted molar refractivity (Wildman–Crippen MR) is 128 cm³/mol. The highest BCUT2D eigenvalue weighted by molar-refractivity contribution is 7.90. The monoisotopic (exact) mass is 472 g/mol. The summed E-state index contributed by atoms with van der Waals surface area (Å²) in [5.74, 6) is 0.792. The number of hydrogen-bond acceptors (Lipinski definition) is 6. The van der Waals surface area contributed by atoms with Gasteiger partial charge in [-0.2, -0.15) is 0 Å². The van der Waals surface area contributed by atoms with Crippen LogP contribution in [0.3, 0.4) is 0 Å². The second-order valence-electron chi connectivity index (χ2n) is 9.22. The number of benzene rings is 1. The molecule has 0 N–H and O–H groups in total. The Labute approximate surface area is 196 Å². The highest BCUT2D eigenvalue weighted by Gasteiger charge is 2.28. The van der Waals surface area contributed by atoms with Gasteiger partial charge >= 0.3 is 6.09 Å². The number of nitrogens with zero attached hydrogens (tertiary/aromatic N) is 2. The molecule has 33 heavy (non-hydrogen) atoms. The minimum atomic E-state index is -3.23. The van der Waals surface area contributed by atoms with Crippen LogP contribution in [0.25, 0.3) is 5.57 Å². The van der Waals surface area contributed by atoms with E-state index in [1.807, 2.05) is 39.1 Å². The number of sulfone groups is 1. The van der Waals surface area contributed by atoms with Gasteiger partial charge in [-0.1, -0.05) is 19.1 Å². The van der Waals surface area contributed by atoms with Crippen LogP contribution in [0, 0.1) is 5.92 Å². The van der Waals surface area contributed by atoms with Crippen molar-refractivity contribution in [3.63, 3.8) is 0 Å². The highest BCUT2D eigenvalue weighted by Crippen LogP contribution is 2.30. The molecule has 0 bridgehead atoms. The summed E-state index contributed by atoms with van der Waals surface area (Å²) in [5.41, 5.74) is 2.48. The summed E-state index contributed by atoms with van der Waals surface area (Å²) in [5, 5.41) is 0. The third-order valence-corrected chi connectivity index (χ3v) is 6.48. The molecular weight excluding hydrogens is 440 g/mol. The molecule has 1 aromatic carbocycles. The second kappa shape index (κ2) is 9.95. The lowest BCUT2D eigenvalue weighted by atomic mass is 9.88. The van der Waals surface area contributed by atoms with Crippen molar-refractivity contribution in [2.24, 2.45) is 5.92 Å². The molecule has 0 saturated carbocycles. The van der Waals surface area contributed by atoms with Gasteiger partial charge in [0.05, 0.1) is 10.6 Å². The zero-order valence-electron chi connectivity index (χ0n) is 19.9. The lowest BCUT2D eigenvalue weighted by Crippen LogP contribution is -2.42. The Bertz CT molecular complexity index is 1100. The molecule has 1 aliphatic heterocycles. The van der Waals surface area contributed by atoms with Crippen LogP contribution < -0.4 is 4.74 Å². The normalized spacial score (nSPS) is 16.8. The number of pyridine rings is 1. The Morgan fingerprint density at radius 1 is 1.15 bits per heavy atom. The van der Waals surface area contributed by atoms with E-state index in [2.05, 4.69) is 18.0 Å². The van der Waals surface area contributed by atoms with Crippen LogP contribution >= 0.6 is 0 Å². The first kappa shape index (κ1) is 24.8. The van der Waals surface area contributed by atoms with E-state index in [-0.39, 0.29) is 23.5 Å². The Morgan fingerprint density at radius 3 is 2.39 bits per heavy atom. The molecule has 1 aliphatic rings. The molecule has 178 valence electrons. The number of ether oxygens (including phenoxy) is 2. The van der Waals surface area contributed by atoms with Gasteiger partial charge in [-0.25, -0.2) is 13.2 Å². The lowest BCUT2D eigenvalue weighted by molar-refractivity contribution is 0.0247. The lowest BCUT2D eigenvalue weighted by Gasteiger charge is -2.34. The van der Waals surface area contributed by atoms with E-state index < -0.39 is 15.4 Å². The fraction of sp³-hybridized carbons (Fsp3) is 0.440. The van der Waals surface area contributed by atoms with Crippen LogP contribution in [0.2, 0.25) is 0 Å². The third-order valence-electron chi connectivity index (χ3n) is 5.35. The van der Waals surface area contributed by atoms with Crippen LogP contribution in [-0.2, 0) is 21.2 Å². The Hall–Kier alpha value is -2.87. The van der Waals surface area contributed by atoms with E-state index >= 15 is 0 Å². The Balaban J connectivity index is 1.63. The van der Waals surface area contributed by atoms with Crippen molar-refractivity contribution < 1.29 is 22.7 Å². The van der Waals surface area contributed by atoms with E-state index in [0.717, 1.165) is 17.7 Å². The van der Waals surface area contributed by atoms with Gasteiger partial charge in [-0.05, 0) is 68.7 Å². The van der Waals surface area contributed by atoms with Crippen LogP contribution in [0.1, 0.15) is 45.4 Å². The molecule has 2 aromatic rings. The average Bonchev–Trinajstić information content (AvgIpc) is 2.76. The summed E-state index contributed by atoms with van der Waals surface area (Å²) in [6.07, 6.45) is 5.71. The number of carbonyl (C=O) groups excluding carboxylic acids is 1. The van der Waals surface area contributed by atoms with Gasteiger partial charge in [-0.3, -0.25) is 4.98 Å². The minimum Gasteiger partial charge on any atom is -0.487 e. The standard InChI is InChI=1S/C25H32N2O5S/c1-6-18-16-27(24(28)32-25(2,3)4)14-13-23(18)19-7-8-20(26-15-19)17-31-21-9-11-22(12-10-21)33(5,29)30/h7-13,15,18H,6,14,16-17H2,1-5H3. The van der Waals surface area contributed by atoms with E-state index in [1.165, 1.54) is 24.0 Å². The molecule has 1 atom stereocenters. The molecule has 0 aliphatic carbocycles. The van der Waals surface area contributed by atoms with Gasteiger partial charge in [-0.15, -0.1) is 0 Å². The third kappa shape index (κ3) is 6.81. The van der Waals surface area contributed by atoms with Crippen LogP contribution in [-0.4, -0.2) is 49.3 Å². The van der Waals surface area contributed by atoms with Gasteiger partial charge < -0.3 is 14.4 Å². The molecule has 0 saturated heterocycles. The molecule has 3 rings (SSSR count). The Kier molecular flexibility index (Phi) is 7.47. The summed E-state index contributed by atoms with van der Waals surface area (Å²) in [6, 6.07) is 10.3. The minimum absolute atomic E-state index is 0.212. The number of aromatic nitrogens is 1. The SMILES string of the molecule is CCC1CN(C(=O)OC(C)(C)C)CC=C1c1ccc(COc2ccc(S(C)(=O)=O)cc2)nc1. The molecule has 8 heteroatoms. The van der Waals surface area contributed by atoms with Crippen molar-refractivity contribution in [1.29, 1.82) is 0 Å². The summed E-state index contributed by atoms with van der Waals surface area (Å²) in [6.45, 7) is 9.13. The largest absolute Gasteiger partial charge is 0.487 e. The van der Waals surface area contributed by atoms with Crippen molar-refractivity contribution in [3.05, 3.63) is 59.9 Å². The van der Waals surface area contributed by atoms with Gasteiger partial charge in [0.15, 0.2) is 9.84 Å². The van der Waals surface area contributed by atoms with Gasteiger partial charge in [0.1, 0.15) is 18.0 Å². The number of carbonyl (C=O) groups is 1. The zero-order chi connectivity index (χ0) is 24.2. The molecule has 2 heterocycles. The van der Waals surface area contributed by atoms with E-state index in [4.69, 9.17) is 9.47 Å². The highest BCUT2D eigenvalue weighted by atomic mass is 32.2. The first-order valence-electron chi connectivity index (χ1n) is 11.0. The summed E-state index contributed by atoms with van der Waals surface area (Å²) >= 11 is 0. The first-order valence-corrected chi connectivity index (χ1v) is 12.9. The molecule has 0 fully saturated rings. The van der Waals surface area contributed by atoms with Crippen molar-refractivity contribution in [1.82, 2.24) is 9.88 Å². The molecule has 1 unspecified atom stereocenters. The maximum atomic E-state index is 12.4. The van der Waals surface area contributed by atoms with E-state index in [1.54, 1.807) is 17.0 Å². The number of hydrogen-bond donors (Lipinski definition) is 0. The molecule has 1 amide bonds. The fourth-order valence-electron chi connectivity index (χ4n) is 3.61. The van der Waals surface area contributed by atoms with E-state index in [0.29, 0.717) is 18.8 Å². The average molecular weight is 473 g/mol. The number of rotatable bonds is 6. The molecule has 7 nitrogen and oxygen atoms in total. The van der Waals surface area contributed by atoms with Crippen LogP contribution in [0.4, 0.5) is 4.79 Å². The summed E-state index contributed by atoms with van der Waals surface area (Å²) in [7, 11) is -3.23. The quantitative estimate of drug-likeness (QED) is 0.604. The fourth-order valence-corrected chi connectivity index (χ4v) is 4.24.